The lowest BCUT2D eigenvalue weighted by atomic mass is 9.85. The number of amides is 4. The van der Waals surface area contributed by atoms with Gasteiger partial charge in [-0.25, -0.2) is 9.97 Å². The Bertz CT molecular complexity index is 3140. The fourth-order valence-electron chi connectivity index (χ4n) is 9.97. The smallest absolute Gasteiger partial charge is 0.257 e. The van der Waals surface area contributed by atoms with Crippen molar-refractivity contribution >= 4 is 69.0 Å². The summed E-state index contributed by atoms with van der Waals surface area (Å²) in [6.45, 7) is 17.9. The first-order valence-electron chi connectivity index (χ1n) is 26.4. The zero-order chi connectivity index (χ0) is 54.8. The second-order valence-corrected chi connectivity index (χ2v) is 21.8. The van der Waals surface area contributed by atoms with Gasteiger partial charge in [0.1, 0.15) is 17.8 Å². The number of piperazine rings is 1. The first kappa shape index (κ1) is 55.7. The van der Waals surface area contributed by atoms with E-state index in [4.69, 9.17) is 9.72 Å². The number of ether oxygens (including phenoxy) is 1. The van der Waals surface area contributed by atoms with E-state index in [0.717, 1.165) is 91.4 Å². The van der Waals surface area contributed by atoms with Gasteiger partial charge in [-0.3, -0.25) is 33.4 Å². The van der Waals surface area contributed by atoms with Gasteiger partial charge in [0.2, 0.25) is 29.6 Å². The van der Waals surface area contributed by atoms with Gasteiger partial charge in [-0.05, 0) is 91.7 Å². The van der Waals surface area contributed by atoms with Crippen LogP contribution in [0.1, 0.15) is 82.5 Å². The molecule has 5 N–H and O–H groups in total. The lowest BCUT2D eigenvalue weighted by Gasteiger charge is -2.36. The number of nitrogens with one attached hydrogen (secondary N) is 4. The highest BCUT2D eigenvalue weighted by atomic mass is 32.1. The van der Waals surface area contributed by atoms with Crippen LogP contribution in [0.5, 0.6) is 5.75 Å². The number of aryl methyl sites for hydroxylation is 2. The third kappa shape index (κ3) is 13.9. The number of nitrogens with zero attached hydrogens (tertiary/aromatic N) is 7. The molecule has 3 aromatic heterocycles. The molecule has 4 amide bonds. The molecule has 8 rings (SSSR count). The quantitative estimate of drug-likeness (QED) is 0.0346. The maximum absolute atomic E-state index is 14.1. The van der Waals surface area contributed by atoms with Crippen molar-refractivity contribution in [3.05, 3.63) is 124 Å². The molecular formula is C58H71N11O7S. The number of methoxy groups -OCH3 is 1. The van der Waals surface area contributed by atoms with Crippen LogP contribution in [0.3, 0.4) is 0 Å². The van der Waals surface area contributed by atoms with Crippen molar-refractivity contribution in [2.75, 3.05) is 61.9 Å². The molecule has 2 saturated heterocycles. The van der Waals surface area contributed by atoms with Gasteiger partial charge in [0.25, 0.3) is 5.56 Å². The van der Waals surface area contributed by atoms with Crippen LogP contribution in [-0.2, 0) is 25.7 Å². The number of anilines is 4. The molecule has 0 aliphatic carbocycles. The highest BCUT2D eigenvalue weighted by molar-refractivity contribution is 7.13. The summed E-state index contributed by atoms with van der Waals surface area (Å²) in [5.74, 6) is -0.352. The number of aliphatic hydroxyl groups excluding tert-OH is 1. The third-order valence-electron chi connectivity index (χ3n) is 14.3. The van der Waals surface area contributed by atoms with E-state index >= 15 is 0 Å². The van der Waals surface area contributed by atoms with E-state index in [1.165, 1.54) is 15.5 Å². The molecule has 0 saturated carbocycles. The first-order valence-corrected chi connectivity index (χ1v) is 27.3. The largest absolute Gasteiger partial charge is 0.494 e. The molecule has 0 bridgehead atoms. The van der Waals surface area contributed by atoms with Gasteiger partial charge < -0.3 is 40.9 Å². The fourth-order valence-corrected chi connectivity index (χ4v) is 10.8. The Balaban J connectivity index is 0.758. The van der Waals surface area contributed by atoms with Gasteiger partial charge in [0.05, 0.1) is 40.7 Å². The molecule has 2 fully saturated rings. The van der Waals surface area contributed by atoms with Gasteiger partial charge in [0.15, 0.2) is 5.65 Å². The number of hydrogen-bond acceptors (Lipinski definition) is 14. The Labute approximate surface area is 454 Å². The minimum atomic E-state index is -0.860. The second-order valence-electron chi connectivity index (χ2n) is 21.0. The molecule has 77 heavy (non-hydrogen) atoms. The molecular weight excluding hydrogens is 995 g/mol. The Morgan fingerprint density at radius 3 is 2.39 bits per heavy atom. The summed E-state index contributed by atoms with van der Waals surface area (Å²) >= 11 is 1.58. The zero-order valence-electron chi connectivity index (χ0n) is 44.9. The first-order chi connectivity index (χ1) is 37.0. The maximum atomic E-state index is 14.1. The Kier molecular flexibility index (Phi) is 18.2. The number of fused-ring (bicyclic) bond motifs is 1. The summed E-state index contributed by atoms with van der Waals surface area (Å²) in [6.07, 6.45) is 7.18. The molecule has 18 nitrogen and oxygen atoms in total. The summed E-state index contributed by atoms with van der Waals surface area (Å²) in [5.41, 5.74) is 7.77. The van der Waals surface area contributed by atoms with Crippen LogP contribution in [0.25, 0.3) is 27.2 Å². The van der Waals surface area contributed by atoms with Crippen molar-refractivity contribution in [3.8, 4) is 21.9 Å². The average molecular weight is 1070 g/mol. The predicted molar refractivity (Wildman–Crippen MR) is 303 cm³/mol. The SMILES string of the molecule is C=CC(=O)Nc1cccc(-n2c(=O)cc(C)c3cnc(Nc4ccc(N5CCN(CCCCCCCC(=O)N[C@H](C(=O)N6C[C@H](O)C[C@H]6C(=O)NCc6ccc(-c7scnc7C)cc6)C(C)(C)C)CC5)cc4OC)nc32)c1. The number of β-amino-alcohol motifs (C(OH)–C–C–N with tert-alkyl or cyclic N) is 1. The van der Waals surface area contributed by atoms with E-state index < -0.39 is 23.6 Å². The van der Waals surface area contributed by atoms with Gasteiger partial charge in [0, 0.05) is 87.2 Å². The standard InChI is InChI=1S/C58H71N11O7S/c1-8-49(71)62-41-15-14-16-43(30-41)69-51(73)29-37(2)45-34-60-57(65-54(45)69)63-46-23-22-42(31-48(46)76-7)67-27-25-66(26-28-67)24-13-11-9-10-12-17-50(72)64-53(58(4,5)6)56(75)68-35-44(70)32-47(68)55(74)59-33-39-18-20-40(21-19-39)52-38(3)61-36-77-52/h8,14-16,18-23,29-31,34,36,44,47,53,70H,1,9-13,17,24-28,32-33,35H2,2-7H3,(H,59,74)(H,62,71)(H,64,72)(H,60,63,65)/t44-,47+,53-/m1/s1. The number of aliphatic hydroxyl groups is 1. The summed E-state index contributed by atoms with van der Waals surface area (Å²) in [4.78, 5) is 87.4. The van der Waals surface area contributed by atoms with E-state index in [1.54, 1.807) is 55.0 Å². The Hall–Kier alpha value is -7.48. The average Bonchev–Trinajstić information content (AvgIpc) is 4.05. The molecule has 0 radical (unpaired) electrons. The Morgan fingerprint density at radius 1 is 0.922 bits per heavy atom. The molecule has 0 spiro atoms. The van der Waals surface area contributed by atoms with Crippen molar-refractivity contribution < 1.29 is 29.0 Å². The van der Waals surface area contributed by atoms with Crippen molar-refractivity contribution in [1.82, 2.24) is 40.0 Å². The summed E-state index contributed by atoms with van der Waals surface area (Å²) in [5, 5.41) is 23.3. The van der Waals surface area contributed by atoms with E-state index in [1.807, 2.05) is 76.5 Å². The number of unbranched alkanes of at least 4 members (excludes halogenated alkanes) is 4. The van der Waals surface area contributed by atoms with E-state index in [9.17, 15) is 29.1 Å². The molecule has 5 heterocycles. The molecule has 3 aromatic carbocycles. The number of benzene rings is 3. The minimum absolute atomic E-state index is 0.0268. The van der Waals surface area contributed by atoms with Crippen molar-refractivity contribution in [2.45, 2.75) is 104 Å². The van der Waals surface area contributed by atoms with Gasteiger partial charge in [-0.2, -0.15) is 4.98 Å². The molecule has 0 unspecified atom stereocenters. The Morgan fingerprint density at radius 2 is 1.68 bits per heavy atom. The number of hydrogen-bond donors (Lipinski definition) is 5. The maximum Gasteiger partial charge on any atom is 0.257 e. The number of carbonyl (C=O) groups is 4. The molecule has 2 aliphatic rings. The fraction of sp³-hybridized carbons (Fsp3) is 0.414. The van der Waals surface area contributed by atoms with Gasteiger partial charge in [-0.1, -0.05) is 76.9 Å². The van der Waals surface area contributed by atoms with Crippen molar-refractivity contribution in [3.63, 3.8) is 0 Å². The van der Waals surface area contributed by atoms with Crippen LogP contribution >= 0.6 is 11.3 Å². The lowest BCUT2D eigenvalue weighted by molar-refractivity contribution is -0.144. The number of thiazole rings is 1. The summed E-state index contributed by atoms with van der Waals surface area (Å²) in [6, 6.07) is 20.8. The topological polar surface area (TPSA) is 216 Å². The lowest BCUT2D eigenvalue weighted by Crippen LogP contribution is -2.57. The van der Waals surface area contributed by atoms with E-state index in [0.29, 0.717) is 46.7 Å². The monoisotopic (exact) mass is 1070 g/mol. The van der Waals surface area contributed by atoms with E-state index in [2.05, 4.69) is 53.7 Å². The van der Waals surface area contributed by atoms with Crippen molar-refractivity contribution in [1.29, 1.82) is 0 Å². The van der Waals surface area contributed by atoms with Crippen LogP contribution in [0.15, 0.2) is 102 Å². The molecule has 19 heteroatoms. The summed E-state index contributed by atoms with van der Waals surface area (Å²) in [7, 11) is 1.62. The highest BCUT2D eigenvalue weighted by Gasteiger charge is 2.44. The summed E-state index contributed by atoms with van der Waals surface area (Å²) < 4.78 is 7.34. The van der Waals surface area contributed by atoms with Crippen molar-refractivity contribution in [2.24, 2.45) is 5.41 Å². The van der Waals surface area contributed by atoms with Crippen LogP contribution in [0, 0.1) is 19.3 Å². The highest BCUT2D eigenvalue weighted by Crippen LogP contribution is 2.33. The normalized spacial score (nSPS) is 16.2. The van der Waals surface area contributed by atoms with Crippen LogP contribution in [-0.4, -0.2) is 123 Å². The number of aromatic nitrogens is 4. The number of carbonyl (C=O) groups excluding carboxylic acids is 4. The second kappa shape index (κ2) is 25.1. The van der Waals surface area contributed by atoms with Gasteiger partial charge in [-0.15, -0.1) is 11.3 Å². The number of likely N-dealkylation sites (tertiary alicyclic amines) is 1. The predicted octanol–water partition coefficient (Wildman–Crippen LogP) is 7.67. The van der Waals surface area contributed by atoms with Crippen LogP contribution < -0.4 is 36.5 Å². The molecule has 2 aliphatic heterocycles. The van der Waals surface area contributed by atoms with E-state index in [-0.39, 0.29) is 54.6 Å². The molecule has 3 atom stereocenters. The van der Waals surface area contributed by atoms with Crippen LogP contribution in [0.4, 0.5) is 23.0 Å². The van der Waals surface area contributed by atoms with Crippen LogP contribution in [0.2, 0.25) is 0 Å². The zero-order valence-corrected chi connectivity index (χ0v) is 45.8. The minimum Gasteiger partial charge on any atom is -0.494 e. The molecule has 6 aromatic rings. The van der Waals surface area contributed by atoms with Gasteiger partial charge >= 0.3 is 0 Å². The molecule has 406 valence electrons. The third-order valence-corrected chi connectivity index (χ3v) is 15.3. The number of rotatable bonds is 21. The number of pyridine rings is 1.